The van der Waals surface area contributed by atoms with Crippen LogP contribution >= 0.6 is 0 Å². The maximum atomic E-state index is 12.6. The number of aromatic amines is 1. The third-order valence-electron chi connectivity index (χ3n) is 4.88. The van der Waals surface area contributed by atoms with Gasteiger partial charge in [-0.15, -0.1) is 0 Å². The summed E-state index contributed by atoms with van der Waals surface area (Å²) in [5, 5.41) is 13.5. The molecule has 130 valence electrons. The van der Waals surface area contributed by atoms with E-state index in [0.29, 0.717) is 33.0 Å². The number of carbonyl (C=O) groups excluding carboxylic acids is 3. The van der Waals surface area contributed by atoms with Crippen LogP contribution in [-0.2, 0) is 0 Å². The third kappa shape index (κ3) is 2.10. The van der Waals surface area contributed by atoms with Gasteiger partial charge in [-0.2, -0.15) is 0 Å². The molecule has 6 heteroatoms. The highest BCUT2D eigenvalue weighted by Gasteiger charge is 2.33. The van der Waals surface area contributed by atoms with E-state index in [1.54, 1.807) is 48.5 Å². The maximum Gasteiger partial charge on any atom is 0.259 e. The molecule has 3 N–H and O–H groups in total. The molecule has 6 nitrogen and oxygen atoms in total. The Morgan fingerprint density at radius 2 is 1.70 bits per heavy atom. The van der Waals surface area contributed by atoms with E-state index in [2.05, 4.69) is 10.3 Å². The van der Waals surface area contributed by atoms with Crippen molar-refractivity contribution in [3.8, 4) is 16.9 Å². The molecule has 3 aromatic carbocycles. The molecule has 0 unspecified atom stereocenters. The first kappa shape index (κ1) is 15.3. The van der Waals surface area contributed by atoms with E-state index in [0.717, 1.165) is 11.8 Å². The molecule has 5 rings (SSSR count). The van der Waals surface area contributed by atoms with Gasteiger partial charge in [0.1, 0.15) is 12.0 Å². The first-order valence-electron chi connectivity index (χ1n) is 8.29. The summed E-state index contributed by atoms with van der Waals surface area (Å²) in [6, 6.07) is 13.5. The Kier molecular flexibility index (Phi) is 3.00. The van der Waals surface area contributed by atoms with Crippen LogP contribution in [0.25, 0.3) is 32.9 Å². The van der Waals surface area contributed by atoms with Crippen molar-refractivity contribution in [3.05, 3.63) is 65.2 Å². The second-order valence-corrected chi connectivity index (χ2v) is 6.48. The van der Waals surface area contributed by atoms with Crippen LogP contribution in [0.1, 0.15) is 31.1 Å². The number of hydrogen-bond donors (Lipinski definition) is 3. The van der Waals surface area contributed by atoms with Gasteiger partial charge in [-0.3, -0.25) is 19.7 Å². The predicted molar refractivity (Wildman–Crippen MR) is 100 cm³/mol. The zero-order chi connectivity index (χ0) is 18.7. The molecule has 0 atom stereocenters. The fraction of sp³-hybridized carbons (Fsp3) is 0. The van der Waals surface area contributed by atoms with Gasteiger partial charge in [0, 0.05) is 27.4 Å². The number of phenols is 1. The van der Waals surface area contributed by atoms with Crippen LogP contribution in [0.4, 0.5) is 0 Å². The van der Waals surface area contributed by atoms with Gasteiger partial charge in [-0.05, 0) is 41.5 Å². The number of imide groups is 1. The molecule has 1 aliphatic heterocycles. The highest BCUT2D eigenvalue weighted by Crippen LogP contribution is 2.39. The van der Waals surface area contributed by atoms with Crippen molar-refractivity contribution in [3.63, 3.8) is 0 Å². The Bertz CT molecular complexity index is 1320. The molecular formula is C21H12N2O4. The lowest BCUT2D eigenvalue weighted by Crippen LogP contribution is -2.20. The van der Waals surface area contributed by atoms with Gasteiger partial charge in [0.25, 0.3) is 11.8 Å². The molecule has 0 spiro atoms. The van der Waals surface area contributed by atoms with Crippen LogP contribution in [0.15, 0.2) is 48.5 Å². The number of fused-ring (bicyclic) bond motifs is 5. The number of hydrogen-bond acceptors (Lipinski definition) is 4. The molecule has 4 aromatic rings. The van der Waals surface area contributed by atoms with E-state index < -0.39 is 11.8 Å². The summed E-state index contributed by atoms with van der Waals surface area (Å²) in [5.41, 5.74) is 3.69. The van der Waals surface area contributed by atoms with Crippen LogP contribution in [0.3, 0.4) is 0 Å². The smallest absolute Gasteiger partial charge is 0.259 e. The van der Waals surface area contributed by atoms with Gasteiger partial charge < -0.3 is 10.1 Å². The van der Waals surface area contributed by atoms with Crippen molar-refractivity contribution in [2.45, 2.75) is 0 Å². The van der Waals surface area contributed by atoms with Crippen LogP contribution in [-0.4, -0.2) is 28.2 Å². The molecule has 0 saturated carbocycles. The molecule has 0 aliphatic carbocycles. The number of amides is 2. The summed E-state index contributed by atoms with van der Waals surface area (Å²) < 4.78 is 0. The number of phenolic OH excluding ortho intramolecular Hbond substituents is 1. The fourth-order valence-corrected chi connectivity index (χ4v) is 3.75. The molecule has 0 saturated heterocycles. The van der Waals surface area contributed by atoms with Crippen LogP contribution in [0, 0.1) is 0 Å². The van der Waals surface area contributed by atoms with Gasteiger partial charge in [-0.25, -0.2) is 0 Å². The predicted octanol–water partition coefficient (Wildman–Crippen LogP) is 3.39. The maximum absolute atomic E-state index is 12.6. The van der Waals surface area contributed by atoms with E-state index in [-0.39, 0.29) is 16.9 Å². The largest absolute Gasteiger partial charge is 0.508 e. The van der Waals surface area contributed by atoms with Gasteiger partial charge in [0.2, 0.25) is 0 Å². The Labute approximate surface area is 152 Å². The highest BCUT2D eigenvalue weighted by molar-refractivity contribution is 6.32. The SMILES string of the molecule is O=Cc1cccc(-c2cc3[nH]c4ccc(O)cc4c3c3c2C(=O)NC3=O)c1. The minimum atomic E-state index is -0.474. The van der Waals surface area contributed by atoms with Gasteiger partial charge in [0.05, 0.1) is 11.1 Å². The van der Waals surface area contributed by atoms with Crippen molar-refractivity contribution in [2.75, 3.05) is 0 Å². The summed E-state index contributed by atoms with van der Waals surface area (Å²) in [6.07, 6.45) is 0.735. The van der Waals surface area contributed by atoms with Crippen LogP contribution < -0.4 is 5.32 Å². The lowest BCUT2D eigenvalue weighted by Gasteiger charge is -2.08. The van der Waals surface area contributed by atoms with E-state index in [1.165, 1.54) is 0 Å². The fourth-order valence-electron chi connectivity index (χ4n) is 3.75. The topological polar surface area (TPSA) is 99.3 Å². The lowest BCUT2D eigenvalue weighted by molar-refractivity contribution is 0.0880. The second kappa shape index (κ2) is 5.28. The molecular weight excluding hydrogens is 344 g/mol. The molecule has 0 bridgehead atoms. The number of H-pyrrole nitrogens is 1. The number of rotatable bonds is 2. The number of aromatic hydroxyl groups is 1. The van der Waals surface area contributed by atoms with E-state index in [4.69, 9.17) is 0 Å². The third-order valence-corrected chi connectivity index (χ3v) is 4.88. The monoisotopic (exact) mass is 356 g/mol. The molecule has 2 heterocycles. The van der Waals surface area contributed by atoms with Gasteiger partial charge in [-0.1, -0.05) is 18.2 Å². The molecule has 1 aliphatic rings. The number of aromatic nitrogens is 1. The number of carbonyl (C=O) groups is 3. The minimum absolute atomic E-state index is 0.0737. The normalized spacial score (nSPS) is 13.2. The molecule has 2 amide bonds. The standard InChI is InChI=1S/C21H12N2O4/c24-9-10-2-1-3-11(6-10)13-8-16-17(19-18(13)20(26)23-21(19)27)14-7-12(25)4-5-15(14)22-16/h1-9,22,25H,(H,23,26,27). The minimum Gasteiger partial charge on any atom is -0.508 e. The quantitative estimate of drug-likeness (QED) is 0.379. The van der Waals surface area contributed by atoms with Crippen LogP contribution in [0.5, 0.6) is 5.75 Å². The summed E-state index contributed by atoms with van der Waals surface area (Å²) in [4.78, 5) is 39.5. The van der Waals surface area contributed by atoms with Crippen molar-refractivity contribution < 1.29 is 19.5 Å². The average Bonchev–Trinajstić information content (AvgIpc) is 3.17. The van der Waals surface area contributed by atoms with E-state index in [9.17, 15) is 19.5 Å². The Hall–Kier alpha value is -3.93. The van der Waals surface area contributed by atoms with Gasteiger partial charge in [0.15, 0.2) is 0 Å². The number of benzene rings is 3. The van der Waals surface area contributed by atoms with Crippen molar-refractivity contribution in [2.24, 2.45) is 0 Å². The summed E-state index contributed by atoms with van der Waals surface area (Å²) >= 11 is 0. The zero-order valence-electron chi connectivity index (χ0n) is 13.9. The Morgan fingerprint density at radius 1 is 0.889 bits per heavy atom. The van der Waals surface area contributed by atoms with Crippen molar-refractivity contribution >= 4 is 39.9 Å². The van der Waals surface area contributed by atoms with Crippen molar-refractivity contribution in [1.29, 1.82) is 0 Å². The average molecular weight is 356 g/mol. The summed E-state index contributed by atoms with van der Waals surface area (Å²) in [7, 11) is 0. The van der Waals surface area contributed by atoms with Crippen LogP contribution in [0.2, 0.25) is 0 Å². The second-order valence-electron chi connectivity index (χ2n) is 6.48. The number of nitrogens with one attached hydrogen (secondary N) is 2. The first-order valence-corrected chi connectivity index (χ1v) is 8.29. The molecule has 0 fully saturated rings. The van der Waals surface area contributed by atoms with Crippen molar-refractivity contribution in [1.82, 2.24) is 10.3 Å². The molecule has 0 radical (unpaired) electrons. The Morgan fingerprint density at radius 3 is 2.52 bits per heavy atom. The molecule has 1 aromatic heterocycles. The van der Waals surface area contributed by atoms with Gasteiger partial charge >= 0.3 is 0 Å². The summed E-state index contributed by atoms with van der Waals surface area (Å²) in [6.45, 7) is 0. The highest BCUT2D eigenvalue weighted by atomic mass is 16.3. The van der Waals surface area contributed by atoms with E-state index in [1.807, 2.05) is 0 Å². The zero-order valence-corrected chi connectivity index (χ0v) is 13.9. The van der Waals surface area contributed by atoms with E-state index >= 15 is 0 Å². The number of aldehydes is 1. The first-order chi connectivity index (χ1) is 13.1. The lowest BCUT2D eigenvalue weighted by atomic mass is 9.92. The molecule has 27 heavy (non-hydrogen) atoms. The Balaban J connectivity index is 1.95. The summed E-state index contributed by atoms with van der Waals surface area (Å²) in [5.74, 6) is -0.875.